The first-order chi connectivity index (χ1) is 7.61. The van der Waals surface area contributed by atoms with Crippen LogP contribution in [0.1, 0.15) is 26.2 Å². The van der Waals surface area contributed by atoms with E-state index in [2.05, 4.69) is 28.2 Å². The van der Waals surface area contributed by atoms with Gasteiger partial charge in [-0.3, -0.25) is 0 Å². The van der Waals surface area contributed by atoms with Crippen molar-refractivity contribution < 1.29 is 8.78 Å². The fourth-order valence-corrected chi connectivity index (χ4v) is 2.44. The van der Waals surface area contributed by atoms with Crippen LogP contribution in [0.2, 0.25) is 0 Å². The van der Waals surface area contributed by atoms with Crippen LogP contribution in [0.5, 0.6) is 0 Å². The van der Waals surface area contributed by atoms with Gasteiger partial charge in [-0.2, -0.15) is 0 Å². The Hall–Kier alpha value is -0.640. The molecule has 1 unspecified atom stereocenters. The van der Waals surface area contributed by atoms with E-state index in [1.54, 1.807) is 0 Å². The van der Waals surface area contributed by atoms with Gasteiger partial charge in [-0.15, -0.1) is 0 Å². The first kappa shape index (κ1) is 11.8. The van der Waals surface area contributed by atoms with Crippen LogP contribution in [0.3, 0.4) is 0 Å². The normalized spacial score (nSPS) is 17.2. The molecule has 1 saturated carbocycles. The van der Waals surface area contributed by atoms with E-state index in [4.69, 9.17) is 0 Å². The summed E-state index contributed by atoms with van der Waals surface area (Å²) >= 11 is 3.18. The average molecular weight is 290 g/mol. The first-order valence-electron chi connectivity index (χ1n) is 5.53. The van der Waals surface area contributed by atoms with E-state index in [1.165, 1.54) is 18.9 Å². The number of benzene rings is 1. The lowest BCUT2D eigenvalue weighted by molar-refractivity contribution is 0.571. The molecule has 0 aromatic heterocycles. The summed E-state index contributed by atoms with van der Waals surface area (Å²) in [5, 5.41) is 3.17. The maximum Gasteiger partial charge on any atom is 0.150 e. The van der Waals surface area contributed by atoms with Crippen molar-refractivity contribution >= 4 is 21.6 Å². The number of nitrogens with one attached hydrogen (secondary N) is 1. The van der Waals surface area contributed by atoms with Gasteiger partial charge in [0, 0.05) is 16.6 Å². The van der Waals surface area contributed by atoms with Gasteiger partial charge in [0.15, 0.2) is 0 Å². The van der Waals surface area contributed by atoms with Crippen molar-refractivity contribution in [1.29, 1.82) is 0 Å². The minimum atomic E-state index is -0.561. The molecule has 0 amide bonds. The van der Waals surface area contributed by atoms with E-state index < -0.39 is 11.6 Å². The molecule has 1 atom stereocenters. The fourth-order valence-electron chi connectivity index (χ4n) is 1.92. The molecule has 1 aliphatic rings. The molecule has 1 fully saturated rings. The van der Waals surface area contributed by atoms with Crippen molar-refractivity contribution in [2.45, 2.75) is 32.2 Å². The Morgan fingerprint density at radius 2 is 2.12 bits per heavy atom. The summed E-state index contributed by atoms with van der Waals surface area (Å²) in [6, 6.07) is 2.48. The van der Waals surface area contributed by atoms with Crippen molar-refractivity contribution in [3.8, 4) is 0 Å². The van der Waals surface area contributed by atoms with Crippen LogP contribution in [-0.4, -0.2) is 6.04 Å². The number of rotatable bonds is 4. The molecule has 0 spiro atoms. The van der Waals surface area contributed by atoms with Gasteiger partial charge in [-0.05, 0) is 47.2 Å². The molecule has 0 saturated heterocycles. The predicted molar refractivity (Wildman–Crippen MR) is 64.5 cm³/mol. The molecule has 2 rings (SSSR count). The van der Waals surface area contributed by atoms with Gasteiger partial charge in [0.2, 0.25) is 0 Å². The Kier molecular flexibility index (Phi) is 3.47. The molecule has 1 aromatic carbocycles. The molecule has 1 aromatic rings. The molecule has 1 N–H and O–H groups in total. The highest BCUT2D eigenvalue weighted by molar-refractivity contribution is 9.10. The van der Waals surface area contributed by atoms with Crippen molar-refractivity contribution in [3.63, 3.8) is 0 Å². The minimum Gasteiger partial charge on any atom is -0.379 e. The molecule has 4 heteroatoms. The third-order valence-corrected chi connectivity index (χ3v) is 3.59. The Morgan fingerprint density at radius 3 is 2.62 bits per heavy atom. The van der Waals surface area contributed by atoms with Gasteiger partial charge in [0.25, 0.3) is 0 Å². The number of halogens is 3. The first-order valence-corrected chi connectivity index (χ1v) is 6.32. The van der Waals surface area contributed by atoms with Crippen molar-refractivity contribution in [1.82, 2.24) is 0 Å². The second kappa shape index (κ2) is 4.70. The molecular formula is C12H14BrF2N. The van der Waals surface area contributed by atoms with Crippen LogP contribution in [0.25, 0.3) is 0 Å². The second-order valence-electron chi connectivity index (χ2n) is 4.24. The number of hydrogen-bond acceptors (Lipinski definition) is 1. The van der Waals surface area contributed by atoms with Gasteiger partial charge in [-0.1, -0.05) is 6.92 Å². The molecule has 1 aliphatic carbocycles. The molecule has 0 radical (unpaired) electrons. The van der Waals surface area contributed by atoms with E-state index in [0.29, 0.717) is 16.1 Å². The van der Waals surface area contributed by atoms with Gasteiger partial charge in [0.05, 0.1) is 5.69 Å². The lowest BCUT2D eigenvalue weighted by Crippen LogP contribution is -2.21. The van der Waals surface area contributed by atoms with E-state index in [0.717, 1.165) is 12.5 Å². The van der Waals surface area contributed by atoms with Gasteiger partial charge in [-0.25, -0.2) is 8.78 Å². The third kappa shape index (κ3) is 2.54. The topological polar surface area (TPSA) is 12.0 Å². The van der Waals surface area contributed by atoms with Crippen LogP contribution >= 0.6 is 15.9 Å². The van der Waals surface area contributed by atoms with E-state index in [-0.39, 0.29) is 6.04 Å². The smallest absolute Gasteiger partial charge is 0.150 e. The third-order valence-electron chi connectivity index (χ3n) is 2.97. The lowest BCUT2D eigenvalue weighted by atomic mass is 10.1. The summed E-state index contributed by atoms with van der Waals surface area (Å²) in [7, 11) is 0. The zero-order chi connectivity index (χ0) is 11.7. The van der Waals surface area contributed by atoms with Gasteiger partial charge >= 0.3 is 0 Å². The number of hydrogen-bond donors (Lipinski definition) is 1. The summed E-state index contributed by atoms with van der Waals surface area (Å²) in [6.45, 7) is 2.07. The van der Waals surface area contributed by atoms with Crippen LogP contribution in [0.4, 0.5) is 14.5 Å². The monoisotopic (exact) mass is 289 g/mol. The summed E-state index contributed by atoms with van der Waals surface area (Å²) < 4.78 is 26.9. The second-order valence-corrected chi connectivity index (χ2v) is 5.10. The molecular weight excluding hydrogens is 276 g/mol. The van der Waals surface area contributed by atoms with Crippen molar-refractivity contribution in [2.75, 3.05) is 5.32 Å². The molecule has 16 heavy (non-hydrogen) atoms. The Balaban J connectivity index is 2.19. The van der Waals surface area contributed by atoms with Crippen LogP contribution in [0.15, 0.2) is 16.6 Å². The van der Waals surface area contributed by atoms with Crippen LogP contribution in [-0.2, 0) is 0 Å². The standard InChI is InChI=1S/C12H14BrF2N/c1-2-11(7-3-4-7)16-12-9(13)5-8(14)6-10(12)15/h5-7,11,16H,2-4H2,1H3. The highest BCUT2D eigenvalue weighted by Crippen LogP contribution is 2.37. The number of anilines is 1. The zero-order valence-electron chi connectivity index (χ0n) is 9.06. The summed E-state index contributed by atoms with van der Waals surface area (Å²) in [4.78, 5) is 0. The zero-order valence-corrected chi connectivity index (χ0v) is 10.7. The highest BCUT2D eigenvalue weighted by atomic mass is 79.9. The highest BCUT2D eigenvalue weighted by Gasteiger charge is 2.30. The Bertz CT molecular complexity index is 368. The van der Waals surface area contributed by atoms with E-state index in [9.17, 15) is 8.78 Å². The SMILES string of the molecule is CCC(Nc1c(F)cc(F)cc1Br)C1CC1. The van der Waals surface area contributed by atoms with Crippen LogP contribution in [0, 0.1) is 17.6 Å². The summed E-state index contributed by atoms with van der Waals surface area (Å²) in [5.74, 6) is -0.457. The van der Waals surface area contributed by atoms with E-state index in [1.807, 2.05) is 0 Å². The minimum absolute atomic E-state index is 0.288. The van der Waals surface area contributed by atoms with Gasteiger partial charge in [0.1, 0.15) is 11.6 Å². The molecule has 0 bridgehead atoms. The fraction of sp³-hybridized carbons (Fsp3) is 0.500. The average Bonchev–Trinajstić information content (AvgIpc) is 3.00. The quantitative estimate of drug-likeness (QED) is 0.870. The predicted octanol–water partition coefficient (Wildman–Crippen LogP) is 4.33. The van der Waals surface area contributed by atoms with E-state index >= 15 is 0 Å². The van der Waals surface area contributed by atoms with Gasteiger partial charge < -0.3 is 5.32 Å². The maximum absolute atomic E-state index is 13.6. The van der Waals surface area contributed by atoms with Crippen molar-refractivity contribution in [3.05, 3.63) is 28.2 Å². The summed E-state index contributed by atoms with van der Waals surface area (Å²) in [6.07, 6.45) is 3.35. The summed E-state index contributed by atoms with van der Waals surface area (Å²) in [5.41, 5.74) is 0.375. The van der Waals surface area contributed by atoms with Crippen LogP contribution < -0.4 is 5.32 Å². The Morgan fingerprint density at radius 1 is 1.44 bits per heavy atom. The maximum atomic E-state index is 13.6. The van der Waals surface area contributed by atoms with Crippen molar-refractivity contribution in [2.24, 2.45) is 5.92 Å². The molecule has 0 aliphatic heterocycles. The largest absolute Gasteiger partial charge is 0.379 e. The molecule has 88 valence electrons. The Labute approximate surface area is 102 Å². The molecule has 0 heterocycles. The lowest BCUT2D eigenvalue weighted by Gasteiger charge is -2.19. The molecule has 1 nitrogen and oxygen atoms in total.